The molecule has 0 aromatic heterocycles. The van der Waals surface area contributed by atoms with Gasteiger partial charge < -0.3 is 5.73 Å². The Hall–Kier alpha value is -0.370. The zero-order valence-electron chi connectivity index (χ0n) is 9.46. The Kier molecular flexibility index (Phi) is 4.59. The predicted octanol–water partition coefficient (Wildman–Crippen LogP) is 2.51. The zero-order valence-corrected chi connectivity index (χ0v) is 9.46. The number of carbonyl (C=O) groups is 1. The van der Waals surface area contributed by atoms with Crippen molar-refractivity contribution in [3.05, 3.63) is 0 Å². The van der Waals surface area contributed by atoms with Crippen molar-refractivity contribution >= 4 is 5.78 Å². The van der Waals surface area contributed by atoms with E-state index in [0.29, 0.717) is 5.92 Å². The predicted molar refractivity (Wildman–Crippen MR) is 59.0 cm³/mol. The quantitative estimate of drug-likeness (QED) is 0.752. The number of ketones is 1. The van der Waals surface area contributed by atoms with Gasteiger partial charge in [0.05, 0.1) is 6.04 Å². The fraction of sp³-hybridized carbons (Fsp3) is 0.917. The third-order valence-corrected chi connectivity index (χ3v) is 3.58. The second-order valence-electron chi connectivity index (χ2n) is 4.64. The summed E-state index contributed by atoms with van der Waals surface area (Å²) >= 11 is 0. The van der Waals surface area contributed by atoms with E-state index in [9.17, 15) is 4.79 Å². The maximum absolute atomic E-state index is 11.8. The lowest BCUT2D eigenvalue weighted by atomic mass is 9.80. The summed E-state index contributed by atoms with van der Waals surface area (Å²) in [6.07, 6.45) is 7.06. The third kappa shape index (κ3) is 2.81. The van der Waals surface area contributed by atoms with Crippen LogP contribution in [0.4, 0.5) is 0 Å². The van der Waals surface area contributed by atoms with Gasteiger partial charge in [-0.1, -0.05) is 33.1 Å². The molecule has 2 nitrogen and oxygen atoms in total. The second-order valence-corrected chi connectivity index (χ2v) is 4.64. The summed E-state index contributed by atoms with van der Waals surface area (Å²) in [4.78, 5) is 11.8. The molecule has 82 valence electrons. The van der Waals surface area contributed by atoms with Gasteiger partial charge in [0, 0.05) is 5.92 Å². The first-order valence-corrected chi connectivity index (χ1v) is 5.96. The van der Waals surface area contributed by atoms with E-state index in [-0.39, 0.29) is 17.7 Å². The zero-order chi connectivity index (χ0) is 10.6. The van der Waals surface area contributed by atoms with Crippen LogP contribution in [0.5, 0.6) is 0 Å². The summed E-state index contributed by atoms with van der Waals surface area (Å²) in [5.74, 6) is 0.886. The van der Waals surface area contributed by atoms with Crippen LogP contribution in [-0.2, 0) is 4.79 Å². The third-order valence-electron chi connectivity index (χ3n) is 3.58. The summed E-state index contributed by atoms with van der Waals surface area (Å²) in [7, 11) is 0. The average molecular weight is 197 g/mol. The lowest BCUT2D eigenvalue weighted by Crippen LogP contribution is -2.41. The van der Waals surface area contributed by atoms with Crippen molar-refractivity contribution in [2.24, 2.45) is 17.6 Å². The maximum atomic E-state index is 11.8. The van der Waals surface area contributed by atoms with Crippen LogP contribution in [0.25, 0.3) is 0 Å². The molecule has 0 saturated heterocycles. The number of hydrogen-bond acceptors (Lipinski definition) is 2. The van der Waals surface area contributed by atoms with Crippen molar-refractivity contribution in [3.63, 3.8) is 0 Å². The number of nitrogens with two attached hydrogens (primary N) is 1. The standard InChI is InChI=1S/C12H23NO/c1-3-9(2)12(14)11(13)10-7-5-4-6-8-10/h9-11H,3-8,13H2,1-2H3. The number of rotatable bonds is 4. The molecule has 0 aromatic rings. The molecule has 1 saturated carbocycles. The second kappa shape index (κ2) is 5.50. The number of hydrogen-bond donors (Lipinski definition) is 1. The summed E-state index contributed by atoms with van der Waals surface area (Å²) in [6, 6.07) is -0.190. The van der Waals surface area contributed by atoms with Gasteiger partial charge in [0.1, 0.15) is 0 Å². The highest BCUT2D eigenvalue weighted by Gasteiger charge is 2.28. The van der Waals surface area contributed by atoms with Crippen molar-refractivity contribution in [3.8, 4) is 0 Å². The molecule has 2 unspecified atom stereocenters. The van der Waals surface area contributed by atoms with Crippen LogP contribution in [0.3, 0.4) is 0 Å². The first-order chi connectivity index (χ1) is 6.66. The Morgan fingerprint density at radius 2 is 1.93 bits per heavy atom. The van der Waals surface area contributed by atoms with Crippen molar-refractivity contribution in [1.82, 2.24) is 0 Å². The molecular weight excluding hydrogens is 174 g/mol. The average Bonchev–Trinajstić information content (AvgIpc) is 2.27. The molecule has 1 rings (SSSR count). The van der Waals surface area contributed by atoms with Gasteiger partial charge in [-0.15, -0.1) is 0 Å². The van der Waals surface area contributed by atoms with Crippen LogP contribution in [-0.4, -0.2) is 11.8 Å². The van der Waals surface area contributed by atoms with E-state index >= 15 is 0 Å². The van der Waals surface area contributed by atoms with Crippen molar-refractivity contribution < 1.29 is 4.79 Å². The maximum Gasteiger partial charge on any atom is 0.152 e. The van der Waals surface area contributed by atoms with E-state index < -0.39 is 0 Å². The van der Waals surface area contributed by atoms with E-state index in [1.807, 2.05) is 6.92 Å². The number of carbonyl (C=O) groups excluding carboxylic acids is 1. The Balaban J connectivity index is 2.45. The molecule has 2 atom stereocenters. The van der Waals surface area contributed by atoms with Gasteiger partial charge in [-0.3, -0.25) is 4.79 Å². The molecule has 2 heteroatoms. The summed E-state index contributed by atoms with van der Waals surface area (Å²) in [5.41, 5.74) is 6.02. The molecule has 0 aromatic carbocycles. The van der Waals surface area contributed by atoms with E-state index in [1.165, 1.54) is 19.3 Å². The molecule has 0 amide bonds. The summed E-state index contributed by atoms with van der Waals surface area (Å²) < 4.78 is 0. The molecule has 0 radical (unpaired) electrons. The molecule has 0 bridgehead atoms. The number of Topliss-reactive ketones (excluding diaryl/α,β-unsaturated/α-hetero) is 1. The molecule has 14 heavy (non-hydrogen) atoms. The van der Waals surface area contributed by atoms with Crippen LogP contribution < -0.4 is 5.73 Å². The normalized spacial score (nSPS) is 23.1. The Bertz CT molecular complexity index is 185. The molecule has 1 aliphatic rings. The molecule has 0 heterocycles. The molecule has 1 aliphatic carbocycles. The van der Waals surface area contributed by atoms with Crippen LogP contribution in [0, 0.1) is 11.8 Å². The fourth-order valence-corrected chi connectivity index (χ4v) is 2.26. The SMILES string of the molecule is CCC(C)C(=O)C(N)C1CCCCC1. The topological polar surface area (TPSA) is 43.1 Å². The fourth-order valence-electron chi connectivity index (χ4n) is 2.26. The highest BCUT2D eigenvalue weighted by Crippen LogP contribution is 2.27. The molecular formula is C12H23NO. The highest BCUT2D eigenvalue weighted by atomic mass is 16.1. The van der Waals surface area contributed by atoms with Crippen LogP contribution in [0.1, 0.15) is 52.4 Å². The minimum atomic E-state index is -0.190. The van der Waals surface area contributed by atoms with Gasteiger partial charge in [0.15, 0.2) is 5.78 Å². The van der Waals surface area contributed by atoms with Crippen LogP contribution in [0.15, 0.2) is 0 Å². The monoisotopic (exact) mass is 197 g/mol. The van der Waals surface area contributed by atoms with E-state index in [2.05, 4.69) is 6.92 Å². The van der Waals surface area contributed by atoms with E-state index in [0.717, 1.165) is 19.3 Å². The minimum absolute atomic E-state index is 0.145. The largest absolute Gasteiger partial charge is 0.321 e. The van der Waals surface area contributed by atoms with Crippen molar-refractivity contribution in [2.75, 3.05) is 0 Å². The molecule has 0 aliphatic heterocycles. The van der Waals surface area contributed by atoms with Crippen molar-refractivity contribution in [2.45, 2.75) is 58.4 Å². The summed E-state index contributed by atoms with van der Waals surface area (Å²) in [5, 5.41) is 0. The van der Waals surface area contributed by atoms with Gasteiger partial charge in [-0.05, 0) is 25.2 Å². The Morgan fingerprint density at radius 3 is 2.43 bits per heavy atom. The van der Waals surface area contributed by atoms with Crippen LogP contribution >= 0.6 is 0 Å². The van der Waals surface area contributed by atoms with E-state index in [1.54, 1.807) is 0 Å². The van der Waals surface area contributed by atoms with Gasteiger partial charge in [-0.25, -0.2) is 0 Å². The van der Waals surface area contributed by atoms with Gasteiger partial charge >= 0.3 is 0 Å². The Labute approximate surface area is 87.2 Å². The van der Waals surface area contributed by atoms with Crippen molar-refractivity contribution in [1.29, 1.82) is 0 Å². The van der Waals surface area contributed by atoms with Crippen LogP contribution in [0.2, 0.25) is 0 Å². The smallest absolute Gasteiger partial charge is 0.152 e. The highest BCUT2D eigenvalue weighted by molar-refractivity contribution is 5.86. The molecule has 2 N–H and O–H groups in total. The first kappa shape index (κ1) is 11.7. The lowest BCUT2D eigenvalue weighted by molar-refractivity contribution is -0.125. The Morgan fingerprint density at radius 1 is 1.36 bits per heavy atom. The van der Waals surface area contributed by atoms with Gasteiger partial charge in [0.2, 0.25) is 0 Å². The molecule has 0 spiro atoms. The molecule has 1 fully saturated rings. The lowest BCUT2D eigenvalue weighted by Gasteiger charge is -2.27. The minimum Gasteiger partial charge on any atom is -0.321 e. The van der Waals surface area contributed by atoms with Gasteiger partial charge in [-0.2, -0.15) is 0 Å². The summed E-state index contributed by atoms with van der Waals surface area (Å²) in [6.45, 7) is 4.04. The van der Waals surface area contributed by atoms with E-state index in [4.69, 9.17) is 5.73 Å². The first-order valence-electron chi connectivity index (χ1n) is 5.96. The van der Waals surface area contributed by atoms with Gasteiger partial charge in [0.25, 0.3) is 0 Å².